The molecule has 0 aliphatic heterocycles. The number of rotatable bonds is 1. The fourth-order valence-corrected chi connectivity index (χ4v) is 1.32. The third-order valence-corrected chi connectivity index (χ3v) is 2.04. The maximum Gasteiger partial charge on any atom is 0.491 e. The summed E-state index contributed by atoms with van der Waals surface area (Å²) in [5.74, 6) is -2.40. The van der Waals surface area contributed by atoms with Crippen LogP contribution in [0.25, 0.3) is 10.9 Å². The molecular formula is C11H6F3NO2. The van der Waals surface area contributed by atoms with E-state index in [4.69, 9.17) is 0 Å². The van der Waals surface area contributed by atoms with E-state index < -0.39 is 12.1 Å². The number of alkyl halides is 3. The summed E-state index contributed by atoms with van der Waals surface area (Å²) < 4.78 is 40.4. The number of carbonyl (C=O) groups is 1. The lowest BCUT2D eigenvalue weighted by Gasteiger charge is -2.08. The van der Waals surface area contributed by atoms with Crippen molar-refractivity contribution in [2.75, 3.05) is 0 Å². The van der Waals surface area contributed by atoms with Crippen LogP contribution in [-0.2, 0) is 4.79 Å². The Kier molecular flexibility index (Phi) is 2.71. The molecule has 0 radical (unpaired) electrons. The van der Waals surface area contributed by atoms with Crippen LogP contribution in [0.4, 0.5) is 13.2 Å². The van der Waals surface area contributed by atoms with E-state index in [1.54, 1.807) is 18.2 Å². The number of esters is 1. The van der Waals surface area contributed by atoms with Gasteiger partial charge in [-0.15, -0.1) is 0 Å². The van der Waals surface area contributed by atoms with Gasteiger partial charge in [-0.25, -0.2) is 4.79 Å². The summed E-state index contributed by atoms with van der Waals surface area (Å²) in [6.45, 7) is 0. The number of benzene rings is 1. The van der Waals surface area contributed by atoms with E-state index in [0.717, 1.165) is 0 Å². The van der Waals surface area contributed by atoms with E-state index in [2.05, 4.69) is 9.72 Å². The zero-order valence-corrected chi connectivity index (χ0v) is 8.36. The number of carbonyl (C=O) groups excluding carboxylic acids is 1. The molecule has 0 saturated carbocycles. The van der Waals surface area contributed by atoms with Crippen molar-refractivity contribution >= 4 is 16.9 Å². The molecule has 0 fully saturated rings. The monoisotopic (exact) mass is 241 g/mol. The molecule has 1 aromatic heterocycles. The van der Waals surface area contributed by atoms with E-state index >= 15 is 0 Å². The molecule has 6 heteroatoms. The molecule has 0 spiro atoms. The first kappa shape index (κ1) is 11.4. The first-order valence-electron chi connectivity index (χ1n) is 4.61. The molecule has 3 nitrogen and oxygen atoms in total. The van der Waals surface area contributed by atoms with E-state index in [0.29, 0.717) is 10.9 Å². The fraction of sp³-hybridized carbons (Fsp3) is 0.0909. The summed E-state index contributed by atoms with van der Waals surface area (Å²) in [5.41, 5.74) is 0.458. The lowest BCUT2D eigenvalue weighted by Crippen LogP contribution is -2.28. The Morgan fingerprint density at radius 3 is 2.59 bits per heavy atom. The van der Waals surface area contributed by atoms with Crippen LogP contribution in [-0.4, -0.2) is 17.1 Å². The van der Waals surface area contributed by atoms with Crippen molar-refractivity contribution in [2.24, 2.45) is 0 Å². The van der Waals surface area contributed by atoms with Crippen molar-refractivity contribution in [3.63, 3.8) is 0 Å². The maximum absolute atomic E-state index is 12.0. The number of halogens is 3. The summed E-state index contributed by atoms with van der Waals surface area (Å²) in [6, 6.07) is 7.66. The molecule has 1 aromatic carbocycles. The zero-order chi connectivity index (χ0) is 12.5. The van der Waals surface area contributed by atoms with Gasteiger partial charge in [0.15, 0.2) is 0 Å². The summed E-state index contributed by atoms with van der Waals surface area (Å²) in [6.07, 6.45) is -3.73. The van der Waals surface area contributed by atoms with Gasteiger partial charge < -0.3 is 4.74 Å². The average molecular weight is 241 g/mol. The highest BCUT2D eigenvalue weighted by atomic mass is 19.4. The van der Waals surface area contributed by atoms with Gasteiger partial charge in [0, 0.05) is 11.6 Å². The minimum atomic E-state index is -5.01. The Hall–Kier alpha value is -2.11. The smallest absolute Gasteiger partial charge is 0.419 e. The number of pyridine rings is 1. The van der Waals surface area contributed by atoms with Crippen molar-refractivity contribution in [2.45, 2.75) is 6.18 Å². The third-order valence-electron chi connectivity index (χ3n) is 2.04. The van der Waals surface area contributed by atoms with Crippen LogP contribution in [0.3, 0.4) is 0 Å². The number of hydrogen-bond acceptors (Lipinski definition) is 3. The van der Waals surface area contributed by atoms with E-state index in [1.807, 2.05) is 0 Å². The molecule has 17 heavy (non-hydrogen) atoms. The lowest BCUT2D eigenvalue weighted by molar-refractivity contribution is -0.189. The Morgan fingerprint density at radius 1 is 1.18 bits per heavy atom. The van der Waals surface area contributed by atoms with Crippen LogP contribution in [0.2, 0.25) is 0 Å². The highest BCUT2D eigenvalue weighted by molar-refractivity contribution is 5.88. The molecule has 0 bridgehead atoms. The van der Waals surface area contributed by atoms with Crippen molar-refractivity contribution in [1.82, 2.24) is 4.98 Å². The highest BCUT2D eigenvalue weighted by Gasteiger charge is 2.41. The van der Waals surface area contributed by atoms with Crippen molar-refractivity contribution < 1.29 is 22.7 Å². The predicted molar refractivity (Wildman–Crippen MR) is 53.4 cm³/mol. The molecule has 0 unspecified atom stereocenters. The van der Waals surface area contributed by atoms with Crippen LogP contribution in [0.5, 0.6) is 5.75 Å². The topological polar surface area (TPSA) is 39.2 Å². The normalized spacial score (nSPS) is 11.5. The first-order valence-corrected chi connectivity index (χ1v) is 4.61. The largest absolute Gasteiger partial charge is 0.491 e. The second-order valence-electron chi connectivity index (χ2n) is 3.21. The van der Waals surface area contributed by atoms with Crippen LogP contribution in [0, 0.1) is 0 Å². The van der Waals surface area contributed by atoms with Crippen molar-refractivity contribution in [3.05, 3.63) is 36.5 Å². The van der Waals surface area contributed by atoms with Gasteiger partial charge in [0.1, 0.15) is 5.75 Å². The van der Waals surface area contributed by atoms with Crippen LogP contribution >= 0.6 is 0 Å². The lowest BCUT2D eigenvalue weighted by atomic mass is 10.2. The summed E-state index contributed by atoms with van der Waals surface area (Å²) in [7, 11) is 0. The van der Waals surface area contributed by atoms with Crippen LogP contribution in [0.15, 0.2) is 36.5 Å². The molecule has 0 aliphatic rings. The summed E-state index contributed by atoms with van der Waals surface area (Å²) in [4.78, 5) is 14.6. The molecule has 0 atom stereocenters. The molecule has 0 aliphatic carbocycles. The number of ether oxygens (including phenoxy) is 1. The number of para-hydroxylation sites is 1. The number of fused-ring (bicyclic) bond motifs is 1. The number of hydrogen-bond donors (Lipinski definition) is 0. The van der Waals surface area contributed by atoms with Gasteiger partial charge in [0.25, 0.3) is 0 Å². The van der Waals surface area contributed by atoms with E-state index in [9.17, 15) is 18.0 Å². The van der Waals surface area contributed by atoms with Gasteiger partial charge in [-0.3, -0.25) is 4.98 Å². The van der Waals surface area contributed by atoms with Crippen LogP contribution < -0.4 is 4.74 Å². The van der Waals surface area contributed by atoms with Gasteiger partial charge in [-0.2, -0.15) is 13.2 Å². The van der Waals surface area contributed by atoms with Gasteiger partial charge in [0.2, 0.25) is 0 Å². The fourth-order valence-electron chi connectivity index (χ4n) is 1.32. The quantitative estimate of drug-likeness (QED) is 0.720. The number of aromatic nitrogens is 1. The molecule has 0 amide bonds. The Morgan fingerprint density at radius 2 is 1.88 bits per heavy atom. The molecule has 0 saturated heterocycles. The Bertz CT molecular complexity index is 561. The minimum Gasteiger partial charge on any atom is -0.419 e. The second-order valence-corrected chi connectivity index (χ2v) is 3.21. The first-order chi connectivity index (χ1) is 7.98. The third kappa shape index (κ3) is 2.35. The zero-order valence-electron chi connectivity index (χ0n) is 8.36. The highest BCUT2D eigenvalue weighted by Crippen LogP contribution is 2.26. The van der Waals surface area contributed by atoms with Crippen molar-refractivity contribution in [3.8, 4) is 5.75 Å². The summed E-state index contributed by atoms with van der Waals surface area (Å²) in [5, 5.41) is 0.354. The van der Waals surface area contributed by atoms with Gasteiger partial charge >= 0.3 is 12.1 Å². The molecule has 2 aromatic rings. The minimum absolute atomic E-state index is 0.155. The summed E-state index contributed by atoms with van der Waals surface area (Å²) >= 11 is 0. The Labute approximate surface area is 93.8 Å². The molecule has 2 rings (SSSR count). The standard InChI is InChI=1S/C11H6F3NO2/c12-11(13,14)10(16)17-9-5-6-15-8-4-2-1-3-7(8)9/h1-6H. The molecule has 88 valence electrons. The predicted octanol–water partition coefficient (Wildman–Crippen LogP) is 2.70. The number of nitrogens with zero attached hydrogens (tertiary/aromatic N) is 1. The average Bonchev–Trinajstić information content (AvgIpc) is 2.28. The second kappa shape index (κ2) is 4.04. The van der Waals surface area contributed by atoms with Crippen LogP contribution in [0.1, 0.15) is 0 Å². The SMILES string of the molecule is O=C(Oc1ccnc2ccccc12)C(F)(F)F. The maximum atomic E-state index is 12.0. The Balaban J connectivity index is 2.40. The van der Waals surface area contributed by atoms with Gasteiger partial charge in [0.05, 0.1) is 5.52 Å². The van der Waals surface area contributed by atoms with Crippen molar-refractivity contribution in [1.29, 1.82) is 0 Å². The molecular weight excluding hydrogens is 235 g/mol. The van der Waals surface area contributed by atoms with E-state index in [1.165, 1.54) is 18.3 Å². The van der Waals surface area contributed by atoms with Gasteiger partial charge in [-0.05, 0) is 18.2 Å². The van der Waals surface area contributed by atoms with Gasteiger partial charge in [-0.1, -0.05) is 12.1 Å². The molecule has 1 heterocycles. The van der Waals surface area contributed by atoms with E-state index in [-0.39, 0.29) is 5.75 Å². The molecule has 0 N–H and O–H groups in total.